The predicted molar refractivity (Wildman–Crippen MR) is 114 cm³/mol. The average Bonchev–Trinajstić information content (AvgIpc) is 2.67. The second kappa shape index (κ2) is 10.1. The summed E-state index contributed by atoms with van der Waals surface area (Å²) in [5, 5.41) is 12.4. The number of carbonyl (C=O) groups excluding carboxylic acids is 1. The van der Waals surface area contributed by atoms with Crippen molar-refractivity contribution in [3.8, 4) is 5.75 Å². The van der Waals surface area contributed by atoms with Gasteiger partial charge in [-0.2, -0.15) is 4.31 Å². The second-order valence-electron chi connectivity index (χ2n) is 7.44. The SMILES string of the molecule is CCCNC(=O)N(C)C[C@@H]1Oc2cc(Br)ccc2S(=O)(=O)N([C@@H](C)CO)C[C@@H]1C. The molecule has 2 N–H and O–H groups in total. The molecule has 1 aromatic carbocycles. The van der Waals surface area contributed by atoms with Gasteiger partial charge in [0.1, 0.15) is 16.7 Å². The first-order chi connectivity index (χ1) is 13.6. The van der Waals surface area contributed by atoms with E-state index in [1.807, 2.05) is 13.8 Å². The largest absolute Gasteiger partial charge is 0.487 e. The molecule has 29 heavy (non-hydrogen) atoms. The van der Waals surface area contributed by atoms with Crippen LogP contribution in [0, 0.1) is 5.92 Å². The number of urea groups is 1. The van der Waals surface area contributed by atoms with Crippen molar-refractivity contribution in [3.63, 3.8) is 0 Å². The lowest BCUT2D eigenvalue weighted by molar-refractivity contribution is 0.0812. The minimum atomic E-state index is -3.85. The fraction of sp³-hybridized carbons (Fsp3) is 0.632. The second-order valence-corrected chi connectivity index (χ2v) is 10.2. The van der Waals surface area contributed by atoms with Crippen LogP contribution in [0.3, 0.4) is 0 Å². The molecular formula is C19H30BrN3O5S. The zero-order valence-corrected chi connectivity index (χ0v) is 19.7. The number of aliphatic hydroxyl groups excluding tert-OH is 1. The fourth-order valence-corrected chi connectivity index (χ4v) is 5.30. The van der Waals surface area contributed by atoms with Gasteiger partial charge < -0.3 is 20.1 Å². The molecule has 1 aliphatic rings. The quantitative estimate of drug-likeness (QED) is 0.635. The van der Waals surface area contributed by atoms with Gasteiger partial charge in [0.05, 0.1) is 13.2 Å². The summed E-state index contributed by atoms with van der Waals surface area (Å²) in [5.41, 5.74) is 0. The summed E-state index contributed by atoms with van der Waals surface area (Å²) in [5.74, 6) is 0.0146. The minimum absolute atomic E-state index is 0.0518. The van der Waals surface area contributed by atoms with Crippen LogP contribution in [0.25, 0.3) is 0 Å². The molecule has 0 saturated heterocycles. The Hall–Kier alpha value is -1.36. The van der Waals surface area contributed by atoms with E-state index in [1.54, 1.807) is 31.0 Å². The molecule has 0 saturated carbocycles. The highest BCUT2D eigenvalue weighted by Gasteiger charge is 2.38. The highest BCUT2D eigenvalue weighted by molar-refractivity contribution is 9.10. The Morgan fingerprint density at radius 1 is 1.48 bits per heavy atom. The molecule has 0 aromatic heterocycles. The Bertz CT molecular complexity index is 820. The molecular weight excluding hydrogens is 462 g/mol. The lowest BCUT2D eigenvalue weighted by atomic mass is 10.0. The van der Waals surface area contributed by atoms with Gasteiger partial charge in [0.2, 0.25) is 10.0 Å². The van der Waals surface area contributed by atoms with Crippen LogP contribution in [0.5, 0.6) is 5.75 Å². The van der Waals surface area contributed by atoms with Gasteiger partial charge in [0.25, 0.3) is 0 Å². The number of nitrogens with one attached hydrogen (secondary N) is 1. The number of halogens is 1. The van der Waals surface area contributed by atoms with Gasteiger partial charge >= 0.3 is 6.03 Å². The summed E-state index contributed by atoms with van der Waals surface area (Å²) in [6, 6.07) is 3.98. The van der Waals surface area contributed by atoms with Crippen LogP contribution in [0.2, 0.25) is 0 Å². The van der Waals surface area contributed by atoms with E-state index in [0.29, 0.717) is 17.6 Å². The van der Waals surface area contributed by atoms with Crippen LogP contribution in [-0.4, -0.2) is 74.2 Å². The summed E-state index contributed by atoms with van der Waals surface area (Å²) >= 11 is 3.37. The predicted octanol–water partition coefficient (Wildman–Crippen LogP) is 2.27. The van der Waals surface area contributed by atoms with Gasteiger partial charge in [-0.1, -0.05) is 29.8 Å². The van der Waals surface area contributed by atoms with Crippen LogP contribution in [-0.2, 0) is 10.0 Å². The molecule has 0 spiro atoms. The van der Waals surface area contributed by atoms with Crippen LogP contribution in [0.4, 0.5) is 4.79 Å². The molecule has 0 bridgehead atoms. The minimum Gasteiger partial charge on any atom is -0.487 e. The maximum Gasteiger partial charge on any atom is 0.317 e. The molecule has 10 heteroatoms. The number of ether oxygens (including phenoxy) is 1. The fourth-order valence-electron chi connectivity index (χ4n) is 3.14. The smallest absolute Gasteiger partial charge is 0.317 e. The van der Waals surface area contributed by atoms with E-state index in [-0.39, 0.29) is 35.7 Å². The number of hydrogen-bond acceptors (Lipinski definition) is 5. The van der Waals surface area contributed by atoms with Gasteiger partial charge in [-0.05, 0) is 31.5 Å². The molecule has 3 atom stereocenters. The van der Waals surface area contributed by atoms with E-state index in [2.05, 4.69) is 21.2 Å². The normalized spacial score (nSPS) is 22.6. The number of carbonyl (C=O) groups is 1. The van der Waals surface area contributed by atoms with Crippen LogP contribution in [0.15, 0.2) is 27.6 Å². The van der Waals surface area contributed by atoms with Crippen molar-refractivity contribution in [1.29, 1.82) is 0 Å². The van der Waals surface area contributed by atoms with E-state index >= 15 is 0 Å². The number of benzene rings is 1. The Labute approximate surface area is 181 Å². The standard InChI is InChI=1S/C19H30BrN3O5S/c1-5-8-21-19(25)22(4)11-17-13(2)10-23(14(3)12-24)29(26,27)18-7-6-15(20)9-16(18)28-17/h6-7,9,13-14,17,24H,5,8,10-12H2,1-4H3,(H,21,25)/t13-,14-,17-/m0/s1. The first-order valence-corrected chi connectivity index (χ1v) is 11.9. The first-order valence-electron chi connectivity index (χ1n) is 9.69. The Morgan fingerprint density at radius 3 is 2.79 bits per heavy atom. The highest BCUT2D eigenvalue weighted by atomic mass is 79.9. The van der Waals surface area contributed by atoms with E-state index in [9.17, 15) is 18.3 Å². The van der Waals surface area contributed by atoms with E-state index in [1.165, 1.54) is 10.4 Å². The number of amides is 2. The monoisotopic (exact) mass is 491 g/mol. The number of aliphatic hydroxyl groups is 1. The van der Waals surface area contributed by atoms with Crippen molar-refractivity contribution in [2.24, 2.45) is 5.92 Å². The molecule has 1 aliphatic heterocycles. The topological polar surface area (TPSA) is 99.2 Å². The number of nitrogens with zero attached hydrogens (tertiary/aromatic N) is 2. The lowest BCUT2D eigenvalue weighted by Crippen LogP contribution is -2.51. The first kappa shape index (κ1) is 23.9. The molecule has 0 aliphatic carbocycles. The van der Waals surface area contributed by atoms with Gasteiger partial charge in [0, 0.05) is 36.6 Å². The third kappa shape index (κ3) is 5.62. The van der Waals surface area contributed by atoms with Crippen molar-refractivity contribution in [3.05, 3.63) is 22.7 Å². The number of rotatable bonds is 6. The van der Waals surface area contributed by atoms with E-state index < -0.39 is 22.2 Å². The van der Waals surface area contributed by atoms with Gasteiger partial charge in [0.15, 0.2) is 0 Å². The molecule has 0 unspecified atom stereocenters. The lowest BCUT2D eigenvalue weighted by Gasteiger charge is -2.37. The zero-order valence-electron chi connectivity index (χ0n) is 17.3. The maximum atomic E-state index is 13.2. The molecule has 0 radical (unpaired) electrons. The van der Waals surface area contributed by atoms with Gasteiger partial charge in [-0.3, -0.25) is 0 Å². The maximum absolute atomic E-state index is 13.2. The third-order valence-electron chi connectivity index (χ3n) is 4.96. The summed E-state index contributed by atoms with van der Waals surface area (Å²) in [6.45, 7) is 6.30. The zero-order chi connectivity index (χ0) is 21.8. The van der Waals surface area contributed by atoms with Crippen molar-refractivity contribution < 1.29 is 23.1 Å². The molecule has 164 valence electrons. The number of likely N-dealkylation sites (N-methyl/N-ethyl adjacent to an activating group) is 1. The van der Waals surface area contributed by atoms with Crippen molar-refractivity contribution in [2.45, 2.75) is 44.2 Å². The van der Waals surface area contributed by atoms with Crippen LogP contribution < -0.4 is 10.1 Å². The molecule has 0 fully saturated rings. The van der Waals surface area contributed by atoms with Crippen molar-refractivity contribution >= 4 is 32.0 Å². The summed E-state index contributed by atoms with van der Waals surface area (Å²) in [7, 11) is -2.16. The molecule has 2 amide bonds. The molecule has 2 rings (SSSR count). The van der Waals surface area contributed by atoms with E-state index in [4.69, 9.17) is 4.74 Å². The van der Waals surface area contributed by atoms with Crippen LogP contribution >= 0.6 is 15.9 Å². The van der Waals surface area contributed by atoms with Crippen molar-refractivity contribution in [1.82, 2.24) is 14.5 Å². The highest BCUT2D eigenvalue weighted by Crippen LogP contribution is 2.35. The summed E-state index contributed by atoms with van der Waals surface area (Å²) in [6.07, 6.45) is 0.410. The van der Waals surface area contributed by atoms with Crippen LogP contribution in [0.1, 0.15) is 27.2 Å². The Kier molecular flexibility index (Phi) is 8.33. The number of fused-ring (bicyclic) bond motifs is 1. The number of hydrogen-bond donors (Lipinski definition) is 2. The average molecular weight is 492 g/mol. The summed E-state index contributed by atoms with van der Waals surface area (Å²) < 4.78 is 34.6. The Morgan fingerprint density at radius 2 is 2.17 bits per heavy atom. The van der Waals surface area contributed by atoms with E-state index in [0.717, 1.165) is 6.42 Å². The third-order valence-corrected chi connectivity index (χ3v) is 7.47. The number of sulfonamides is 1. The van der Waals surface area contributed by atoms with Crippen molar-refractivity contribution in [2.75, 3.05) is 33.3 Å². The molecule has 1 heterocycles. The Balaban J connectivity index is 2.41. The van der Waals surface area contributed by atoms with Gasteiger partial charge in [-0.25, -0.2) is 13.2 Å². The molecule has 8 nitrogen and oxygen atoms in total. The summed E-state index contributed by atoms with van der Waals surface area (Å²) in [4.78, 5) is 13.9. The molecule has 1 aromatic rings. The van der Waals surface area contributed by atoms with Gasteiger partial charge in [-0.15, -0.1) is 0 Å².